The number of amides is 2. The Labute approximate surface area is 165 Å². The van der Waals surface area contributed by atoms with Crippen molar-refractivity contribution in [1.82, 2.24) is 9.80 Å². The van der Waals surface area contributed by atoms with E-state index < -0.39 is 17.7 Å². The van der Waals surface area contributed by atoms with Crippen molar-refractivity contribution in [2.75, 3.05) is 13.6 Å². The summed E-state index contributed by atoms with van der Waals surface area (Å²) in [4.78, 5) is 28.6. The van der Waals surface area contributed by atoms with E-state index in [1.165, 1.54) is 0 Å². The molecule has 26 heavy (non-hydrogen) atoms. The highest BCUT2D eigenvalue weighted by atomic mass is 35.5. The molecule has 1 aliphatic rings. The van der Waals surface area contributed by atoms with Gasteiger partial charge in [0, 0.05) is 20.1 Å². The van der Waals surface area contributed by atoms with Crippen LogP contribution >= 0.6 is 23.2 Å². The summed E-state index contributed by atoms with van der Waals surface area (Å²) >= 11 is 12.0. The predicted molar refractivity (Wildman–Crippen MR) is 104 cm³/mol. The number of halogens is 2. The zero-order chi connectivity index (χ0) is 19.5. The van der Waals surface area contributed by atoms with Crippen LogP contribution in [0.3, 0.4) is 0 Å². The third-order valence-electron chi connectivity index (χ3n) is 4.20. The van der Waals surface area contributed by atoms with Crippen molar-refractivity contribution in [3.05, 3.63) is 33.8 Å². The highest BCUT2D eigenvalue weighted by Gasteiger charge is 2.36. The normalized spacial score (nSPS) is 17.8. The number of likely N-dealkylation sites (N-methyl/N-ethyl adjacent to an activating group) is 1. The quantitative estimate of drug-likeness (QED) is 0.735. The topological polar surface area (TPSA) is 49.9 Å². The number of carbonyl (C=O) groups excluding carboxylic acids is 2. The fourth-order valence-electron chi connectivity index (χ4n) is 2.97. The zero-order valence-electron chi connectivity index (χ0n) is 15.7. The molecule has 144 valence electrons. The molecule has 1 heterocycles. The smallest absolute Gasteiger partial charge is 0.410 e. The van der Waals surface area contributed by atoms with Crippen molar-refractivity contribution in [3.8, 4) is 0 Å². The van der Waals surface area contributed by atoms with Crippen molar-refractivity contribution < 1.29 is 14.3 Å². The lowest BCUT2D eigenvalue weighted by molar-refractivity contribution is -0.137. The number of nitrogens with zero attached hydrogens (tertiary/aromatic N) is 2. The SMILES string of the molecule is CN(Cc1ccc(Cl)c(Cl)c1)C(=O)C1CCCCN1C(=O)OC(C)(C)C. The Balaban J connectivity index is 2.08. The molecule has 0 radical (unpaired) electrons. The van der Waals surface area contributed by atoms with E-state index in [-0.39, 0.29) is 5.91 Å². The number of hydrogen-bond acceptors (Lipinski definition) is 3. The highest BCUT2D eigenvalue weighted by molar-refractivity contribution is 6.42. The molecule has 1 unspecified atom stereocenters. The van der Waals surface area contributed by atoms with Gasteiger partial charge in [0.1, 0.15) is 11.6 Å². The number of benzene rings is 1. The molecule has 1 aromatic carbocycles. The van der Waals surface area contributed by atoms with Crippen LogP contribution in [0.5, 0.6) is 0 Å². The maximum Gasteiger partial charge on any atom is 0.410 e. The summed E-state index contributed by atoms with van der Waals surface area (Å²) in [6, 6.07) is 4.81. The van der Waals surface area contributed by atoms with Gasteiger partial charge in [-0.15, -0.1) is 0 Å². The Bertz CT molecular complexity index is 673. The van der Waals surface area contributed by atoms with E-state index in [9.17, 15) is 9.59 Å². The van der Waals surface area contributed by atoms with Crippen molar-refractivity contribution >= 4 is 35.2 Å². The Hall–Kier alpha value is -1.46. The fourth-order valence-corrected chi connectivity index (χ4v) is 3.29. The average Bonchev–Trinajstić information content (AvgIpc) is 2.56. The van der Waals surface area contributed by atoms with Crippen LogP contribution in [0.4, 0.5) is 4.79 Å². The Morgan fingerprint density at radius 1 is 1.23 bits per heavy atom. The molecule has 5 nitrogen and oxygen atoms in total. The minimum Gasteiger partial charge on any atom is -0.444 e. The van der Waals surface area contributed by atoms with E-state index in [2.05, 4.69) is 0 Å². The van der Waals surface area contributed by atoms with Gasteiger partial charge in [-0.2, -0.15) is 0 Å². The Morgan fingerprint density at radius 2 is 1.92 bits per heavy atom. The van der Waals surface area contributed by atoms with Gasteiger partial charge in [-0.1, -0.05) is 29.3 Å². The van der Waals surface area contributed by atoms with Crippen molar-refractivity contribution in [3.63, 3.8) is 0 Å². The Morgan fingerprint density at radius 3 is 2.54 bits per heavy atom. The molecule has 0 bridgehead atoms. The first-order chi connectivity index (χ1) is 12.1. The fraction of sp³-hybridized carbons (Fsp3) is 0.579. The molecule has 7 heteroatoms. The maximum absolute atomic E-state index is 13.0. The Kier molecular flexibility index (Phi) is 6.80. The molecule has 1 saturated heterocycles. The number of carbonyl (C=O) groups is 2. The van der Waals surface area contributed by atoms with Gasteiger partial charge in [0.15, 0.2) is 0 Å². The first kappa shape index (κ1) is 20.8. The molecule has 0 saturated carbocycles. The van der Waals surface area contributed by atoms with E-state index in [4.69, 9.17) is 27.9 Å². The molecular weight excluding hydrogens is 375 g/mol. The van der Waals surface area contributed by atoms with Gasteiger partial charge in [-0.25, -0.2) is 4.79 Å². The lowest BCUT2D eigenvalue weighted by atomic mass is 10.0. The third-order valence-corrected chi connectivity index (χ3v) is 4.93. The number of ether oxygens (including phenoxy) is 1. The van der Waals surface area contributed by atoms with Gasteiger partial charge in [-0.3, -0.25) is 9.69 Å². The molecule has 2 rings (SSSR count). The van der Waals surface area contributed by atoms with Crippen LogP contribution in [0.25, 0.3) is 0 Å². The monoisotopic (exact) mass is 400 g/mol. The van der Waals surface area contributed by atoms with E-state index in [1.54, 1.807) is 29.0 Å². The number of rotatable bonds is 3. The van der Waals surface area contributed by atoms with Gasteiger partial charge >= 0.3 is 6.09 Å². The summed E-state index contributed by atoms with van der Waals surface area (Å²) in [5, 5.41) is 0.936. The van der Waals surface area contributed by atoms with Crippen LogP contribution in [-0.2, 0) is 16.1 Å². The summed E-state index contributed by atoms with van der Waals surface area (Å²) in [5.41, 5.74) is 0.295. The number of piperidine rings is 1. The lowest BCUT2D eigenvalue weighted by Gasteiger charge is -2.37. The highest BCUT2D eigenvalue weighted by Crippen LogP contribution is 2.25. The molecule has 0 spiro atoms. The lowest BCUT2D eigenvalue weighted by Crippen LogP contribution is -2.53. The van der Waals surface area contributed by atoms with Gasteiger partial charge in [-0.05, 0) is 57.7 Å². The van der Waals surface area contributed by atoms with Crippen molar-refractivity contribution in [2.24, 2.45) is 0 Å². The molecule has 0 aromatic heterocycles. The predicted octanol–water partition coefficient (Wildman–Crippen LogP) is 4.74. The second-order valence-electron chi connectivity index (χ2n) is 7.63. The largest absolute Gasteiger partial charge is 0.444 e. The van der Waals surface area contributed by atoms with Crippen LogP contribution in [0.2, 0.25) is 10.0 Å². The zero-order valence-corrected chi connectivity index (χ0v) is 17.2. The minimum absolute atomic E-state index is 0.0957. The first-order valence-corrected chi connectivity index (χ1v) is 9.52. The molecule has 0 aliphatic carbocycles. The van der Waals surface area contributed by atoms with Crippen molar-refractivity contribution in [1.29, 1.82) is 0 Å². The van der Waals surface area contributed by atoms with Gasteiger partial charge in [0.05, 0.1) is 10.0 Å². The van der Waals surface area contributed by atoms with E-state index in [0.717, 1.165) is 18.4 Å². The van der Waals surface area contributed by atoms with Crippen LogP contribution in [-0.4, -0.2) is 47.0 Å². The van der Waals surface area contributed by atoms with Crippen molar-refractivity contribution in [2.45, 2.75) is 58.2 Å². The van der Waals surface area contributed by atoms with Crippen LogP contribution in [0.1, 0.15) is 45.6 Å². The number of likely N-dealkylation sites (tertiary alicyclic amines) is 1. The van der Waals surface area contributed by atoms with E-state index in [0.29, 0.717) is 29.6 Å². The molecule has 0 N–H and O–H groups in total. The average molecular weight is 401 g/mol. The van der Waals surface area contributed by atoms with Crippen LogP contribution in [0.15, 0.2) is 18.2 Å². The van der Waals surface area contributed by atoms with Crippen LogP contribution in [0, 0.1) is 0 Å². The second kappa shape index (κ2) is 8.49. The summed E-state index contributed by atoms with van der Waals surface area (Å²) < 4.78 is 5.47. The molecule has 1 aliphatic heterocycles. The molecule has 1 atom stereocenters. The van der Waals surface area contributed by atoms with E-state index >= 15 is 0 Å². The van der Waals surface area contributed by atoms with Gasteiger partial charge in [0.2, 0.25) is 5.91 Å². The summed E-state index contributed by atoms with van der Waals surface area (Å²) in [7, 11) is 1.73. The van der Waals surface area contributed by atoms with Gasteiger partial charge in [0.25, 0.3) is 0 Å². The van der Waals surface area contributed by atoms with Crippen LogP contribution < -0.4 is 0 Å². The first-order valence-electron chi connectivity index (χ1n) is 8.77. The summed E-state index contributed by atoms with van der Waals surface area (Å²) in [6.07, 6.45) is 2.00. The van der Waals surface area contributed by atoms with Gasteiger partial charge < -0.3 is 9.64 Å². The second-order valence-corrected chi connectivity index (χ2v) is 8.44. The third kappa shape index (κ3) is 5.52. The molecule has 2 amide bonds. The maximum atomic E-state index is 13.0. The standard InChI is InChI=1S/C19H26Cl2N2O3/c1-19(2,3)26-18(25)23-10-6-5-7-16(23)17(24)22(4)12-13-8-9-14(20)15(21)11-13/h8-9,11,16H,5-7,10,12H2,1-4H3. The van der Waals surface area contributed by atoms with E-state index in [1.807, 2.05) is 26.8 Å². The minimum atomic E-state index is -0.589. The molecular formula is C19H26Cl2N2O3. The summed E-state index contributed by atoms with van der Waals surface area (Å²) in [5.74, 6) is -0.0957. The molecule has 1 fully saturated rings. The molecule has 1 aromatic rings. The number of hydrogen-bond donors (Lipinski definition) is 0. The summed E-state index contributed by atoms with van der Waals surface area (Å²) in [6.45, 7) is 6.40.